The van der Waals surface area contributed by atoms with E-state index in [0.717, 1.165) is 18.7 Å². The Morgan fingerprint density at radius 3 is 2.72 bits per heavy atom. The summed E-state index contributed by atoms with van der Waals surface area (Å²) in [5.74, 6) is 2.02. The summed E-state index contributed by atoms with van der Waals surface area (Å²) in [6.45, 7) is 0.177. The van der Waals surface area contributed by atoms with Crippen molar-refractivity contribution in [1.82, 2.24) is 15.0 Å². The lowest BCUT2D eigenvalue weighted by Crippen LogP contribution is -2.39. The average Bonchev–Trinajstić information content (AvgIpc) is 2.90. The van der Waals surface area contributed by atoms with Crippen molar-refractivity contribution in [2.24, 2.45) is 0 Å². The van der Waals surface area contributed by atoms with Crippen LogP contribution in [0.25, 0.3) is 0 Å². The Kier molecular flexibility index (Phi) is 3.35. The Bertz CT molecular complexity index is 393. The molecule has 0 spiro atoms. The molecule has 5 nitrogen and oxygen atoms in total. The first-order valence-corrected chi connectivity index (χ1v) is 6.93. The number of aliphatic hydroxyl groups excluding tert-OH is 1. The highest BCUT2D eigenvalue weighted by Gasteiger charge is 2.40. The van der Waals surface area contributed by atoms with Gasteiger partial charge in [-0.15, -0.1) is 0 Å². The SMILES string of the molecule is CN1C2CCC1CC(c1noc(CCCO)n1)C2. The normalized spacial score (nSPS) is 32.0. The summed E-state index contributed by atoms with van der Waals surface area (Å²) in [5, 5.41) is 12.9. The zero-order valence-electron chi connectivity index (χ0n) is 10.9. The molecule has 2 aliphatic heterocycles. The summed E-state index contributed by atoms with van der Waals surface area (Å²) in [6, 6.07) is 1.40. The third-order valence-electron chi connectivity index (χ3n) is 4.50. The lowest BCUT2D eigenvalue weighted by atomic mass is 9.90. The predicted molar refractivity (Wildman–Crippen MR) is 66.3 cm³/mol. The summed E-state index contributed by atoms with van der Waals surface area (Å²) < 4.78 is 5.25. The van der Waals surface area contributed by atoms with E-state index in [2.05, 4.69) is 22.1 Å². The molecule has 2 saturated heterocycles. The molecule has 2 unspecified atom stereocenters. The molecule has 2 bridgehead atoms. The topological polar surface area (TPSA) is 62.4 Å². The van der Waals surface area contributed by atoms with Crippen LogP contribution in [-0.4, -0.2) is 45.9 Å². The zero-order valence-corrected chi connectivity index (χ0v) is 10.9. The van der Waals surface area contributed by atoms with Crippen LogP contribution in [0.2, 0.25) is 0 Å². The number of hydrogen-bond acceptors (Lipinski definition) is 5. The van der Waals surface area contributed by atoms with Crippen LogP contribution < -0.4 is 0 Å². The van der Waals surface area contributed by atoms with Crippen molar-refractivity contribution in [3.05, 3.63) is 11.7 Å². The first kappa shape index (κ1) is 12.1. The first-order valence-electron chi connectivity index (χ1n) is 6.93. The van der Waals surface area contributed by atoms with Crippen LogP contribution in [0.3, 0.4) is 0 Å². The molecule has 18 heavy (non-hydrogen) atoms. The lowest BCUT2D eigenvalue weighted by Gasteiger charge is -2.34. The van der Waals surface area contributed by atoms with Gasteiger partial charge in [-0.25, -0.2) is 0 Å². The number of aromatic nitrogens is 2. The number of piperidine rings is 1. The standard InChI is InChI=1S/C13H21N3O2/c1-16-10-4-5-11(16)8-9(7-10)13-14-12(18-15-13)3-2-6-17/h9-11,17H,2-8H2,1H3. The third-order valence-corrected chi connectivity index (χ3v) is 4.50. The Labute approximate surface area is 107 Å². The van der Waals surface area contributed by atoms with Gasteiger partial charge in [0.15, 0.2) is 5.82 Å². The molecule has 0 radical (unpaired) electrons. The highest BCUT2D eigenvalue weighted by atomic mass is 16.5. The van der Waals surface area contributed by atoms with Crippen LogP contribution in [0.4, 0.5) is 0 Å². The van der Waals surface area contributed by atoms with E-state index >= 15 is 0 Å². The van der Waals surface area contributed by atoms with Crippen LogP contribution in [-0.2, 0) is 6.42 Å². The number of nitrogens with zero attached hydrogens (tertiary/aromatic N) is 3. The second kappa shape index (κ2) is 4.97. The van der Waals surface area contributed by atoms with Gasteiger partial charge in [0.1, 0.15) is 0 Å². The Morgan fingerprint density at radius 2 is 2.06 bits per heavy atom. The average molecular weight is 251 g/mol. The summed E-state index contributed by atoms with van der Waals surface area (Å²) >= 11 is 0. The predicted octanol–water partition coefficient (Wildman–Crippen LogP) is 1.33. The fourth-order valence-electron chi connectivity index (χ4n) is 3.39. The largest absolute Gasteiger partial charge is 0.396 e. The van der Waals surface area contributed by atoms with Crippen molar-refractivity contribution >= 4 is 0 Å². The summed E-state index contributed by atoms with van der Waals surface area (Å²) in [7, 11) is 2.24. The van der Waals surface area contributed by atoms with Crippen molar-refractivity contribution in [2.45, 2.75) is 56.5 Å². The van der Waals surface area contributed by atoms with Crippen molar-refractivity contribution in [3.63, 3.8) is 0 Å². The van der Waals surface area contributed by atoms with Crippen LogP contribution >= 0.6 is 0 Å². The number of rotatable bonds is 4. The van der Waals surface area contributed by atoms with Gasteiger partial charge in [-0.05, 0) is 39.2 Å². The molecule has 100 valence electrons. The van der Waals surface area contributed by atoms with Crippen LogP contribution in [0.5, 0.6) is 0 Å². The smallest absolute Gasteiger partial charge is 0.226 e. The first-order chi connectivity index (χ1) is 8.78. The molecule has 2 fully saturated rings. The van der Waals surface area contributed by atoms with E-state index < -0.39 is 0 Å². The number of hydrogen-bond donors (Lipinski definition) is 1. The van der Waals surface area contributed by atoms with E-state index in [9.17, 15) is 0 Å². The molecule has 2 atom stereocenters. The highest BCUT2D eigenvalue weighted by Crippen LogP contribution is 2.41. The number of fused-ring (bicyclic) bond motifs is 2. The van der Waals surface area contributed by atoms with Crippen LogP contribution in [0.15, 0.2) is 4.52 Å². The lowest BCUT2D eigenvalue weighted by molar-refractivity contribution is 0.157. The monoisotopic (exact) mass is 251 g/mol. The van der Waals surface area contributed by atoms with Crippen molar-refractivity contribution < 1.29 is 9.63 Å². The molecule has 5 heteroatoms. The molecule has 1 aromatic heterocycles. The maximum absolute atomic E-state index is 8.79. The molecule has 0 saturated carbocycles. The van der Waals surface area contributed by atoms with Crippen molar-refractivity contribution in [3.8, 4) is 0 Å². The summed E-state index contributed by atoms with van der Waals surface area (Å²) in [5.41, 5.74) is 0. The Hall–Kier alpha value is -0.940. The van der Waals surface area contributed by atoms with Gasteiger partial charge in [-0.1, -0.05) is 5.16 Å². The quantitative estimate of drug-likeness (QED) is 0.874. The molecule has 3 rings (SSSR count). The van der Waals surface area contributed by atoms with Gasteiger partial charge in [0.05, 0.1) is 0 Å². The molecule has 3 heterocycles. The van der Waals surface area contributed by atoms with E-state index in [0.29, 0.717) is 36.7 Å². The molecular formula is C13H21N3O2. The maximum Gasteiger partial charge on any atom is 0.226 e. The molecule has 1 aromatic rings. The van der Waals surface area contributed by atoms with Crippen LogP contribution in [0, 0.1) is 0 Å². The van der Waals surface area contributed by atoms with E-state index in [1.165, 1.54) is 12.8 Å². The maximum atomic E-state index is 8.79. The van der Waals surface area contributed by atoms with Gasteiger partial charge in [0.25, 0.3) is 0 Å². The van der Waals surface area contributed by atoms with E-state index in [1.807, 2.05) is 0 Å². The molecule has 1 N–H and O–H groups in total. The van der Waals surface area contributed by atoms with Gasteiger partial charge in [0, 0.05) is 31.0 Å². The minimum Gasteiger partial charge on any atom is -0.396 e. The zero-order chi connectivity index (χ0) is 12.5. The number of aliphatic hydroxyl groups is 1. The molecule has 2 aliphatic rings. The van der Waals surface area contributed by atoms with Gasteiger partial charge in [0.2, 0.25) is 5.89 Å². The van der Waals surface area contributed by atoms with Crippen LogP contribution in [0.1, 0.15) is 49.7 Å². The Morgan fingerprint density at radius 1 is 1.33 bits per heavy atom. The van der Waals surface area contributed by atoms with Crippen molar-refractivity contribution in [1.29, 1.82) is 0 Å². The van der Waals surface area contributed by atoms with E-state index in [-0.39, 0.29) is 6.61 Å². The van der Waals surface area contributed by atoms with Gasteiger partial charge in [-0.2, -0.15) is 4.98 Å². The van der Waals surface area contributed by atoms with Gasteiger partial charge in [-0.3, -0.25) is 0 Å². The molecular weight excluding hydrogens is 230 g/mol. The van der Waals surface area contributed by atoms with Gasteiger partial charge >= 0.3 is 0 Å². The van der Waals surface area contributed by atoms with E-state index in [4.69, 9.17) is 9.63 Å². The minimum atomic E-state index is 0.177. The molecule has 0 amide bonds. The fourth-order valence-corrected chi connectivity index (χ4v) is 3.39. The summed E-state index contributed by atoms with van der Waals surface area (Å²) in [6.07, 6.45) is 6.32. The van der Waals surface area contributed by atoms with E-state index in [1.54, 1.807) is 0 Å². The molecule has 0 aromatic carbocycles. The Balaban J connectivity index is 1.66. The molecule has 0 aliphatic carbocycles. The second-order valence-corrected chi connectivity index (χ2v) is 5.59. The highest BCUT2D eigenvalue weighted by molar-refractivity contribution is 5.05. The summed E-state index contributed by atoms with van der Waals surface area (Å²) in [4.78, 5) is 7.00. The third kappa shape index (κ3) is 2.17. The minimum absolute atomic E-state index is 0.177. The van der Waals surface area contributed by atoms with Crippen molar-refractivity contribution in [2.75, 3.05) is 13.7 Å². The van der Waals surface area contributed by atoms with Gasteiger partial charge < -0.3 is 14.5 Å². The fraction of sp³-hybridized carbons (Fsp3) is 0.846. The number of aryl methyl sites for hydroxylation is 1. The second-order valence-electron chi connectivity index (χ2n) is 5.59.